The third kappa shape index (κ3) is 4.05. The summed E-state index contributed by atoms with van der Waals surface area (Å²) in [5.41, 5.74) is -0.540. The molecule has 4 heteroatoms. The second-order valence-corrected chi connectivity index (χ2v) is 5.85. The van der Waals surface area contributed by atoms with Gasteiger partial charge in [0, 0.05) is 4.47 Å². The molecule has 106 valence electrons. The zero-order chi connectivity index (χ0) is 14.5. The molecule has 0 aromatic heterocycles. The van der Waals surface area contributed by atoms with Crippen LogP contribution in [0.4, 0.5) is 0 Å². The van der Waals surface area contributed by atoms with Crippen molar-refractivity contribution in [2.45, 2.75) is 51.0 Å². The molecule has 0 spiro atoms. The minimum Gasteiger partial charge on any atom is -0.481 e. The Bertz CT molecular complexity index is 425. The topological polar surface area (TPSA) is 57.5 Å². The monoisotopic (exact) mass is 328 g/mol. The number of aliphatic hydroxyl groups is 1. The summed E-state index contributed by atoms with van der Waals surface area (Å²) in [6, 6.07) is 7.18. The standard InChI is InChI=1S/C15H21BrO3/c1-3-8-15(19,9-4-2)13(14(17)18)11-6-5-7-12(16)10-11/h5-7,10,13,19H,3-4,8-9H2,1-2H3,(H,17,18). The van der Waals surface area contributed by atoms with Gasteiger partial charge in [-0.1, -0.05) is 54.8 Å². The molecule has 0 saturated carbocycles. The van der Waals surface area contributed by atoms with E-state index in [0.29, 0.717) is 18.4 Å². The predicted octanol–water partition coefficient (Wildman–Crippen LogP) is 3.95. The van der Waals surface area contributed by atoms with Gasteiger partial charge in [-0.3, -0.25) is 4.79 Å². The van der Waals surface area contributed by atoms with Crippen LogP contribution in [-0.2, 0) is 4.79 Å². The summed E-state index contributed by atoms with van der Waals surface area (Å²) in [6.07, 6.45) is 2.50. The molecule has 1 aromatic carbocycles. The normalized spacial score (nSPS) is 13.3. The lowest BCUT2D eigenvalue weighted by Crippen LogP contribution is -2.40. The molecule has 1 aromatic rings. The summed E-state index contributed by atoms with van der Waals surface area (Å²) in [5, 5.41) is 20.3. The molecule has 19 heavy (non-hydrogen) atoms. The number of benzene rings is 1. The first-order valence-electron chi connectivity index (χ1n) is 6.65. The summed E-state index contributed by atoms with van der Waals surface area (Å²) < 4.78 is 0.826. The highest BCUT2D eigenvalue weighted by Crippen LogP contribution is 2.37. The number of hydrogen-bond donors (Lipinski definition) is 2. The van der Waals surface area contributed by atoms with Gasteiger partial charge in [0.05, 0.1) is 5.60 Å². The molecule has 3 nitrogen and oxygen atoms in total. The Hall–Kier alpha value is -0.870. The van der Waals surface area contributed by atoms with Crippen LogP contribution in [0.5, 0.6) is 0 Å². The largest absolute Gasteiger partial charge is 0.481 e. The molecule has 0 radical (unpaired) electrons. The van der Waals surface area contributed by atoms with E-state index in [1.807, 2.05) is 19.9 Å². The van der Waals surface area contributed by atoms with Crippen LogP contribution < -0.4 is 0 Å². The van der Waals surface area contributed by atoms with Crippen molar-refractivity contribution >= 4 is 21.9 Å². The van der Waals surface area contributed by atoms with E-state index in [1.165, 1.54) is 0 Å². The van der Waals surface area contributed by atoms with Crippen molar-refractivity contribution < 1.29 is 15.0 Å². The van der Waals surface area contributed by atoms with E-state index in [1.54, 1.807) is 18.2 Å². The quantitative estimate of drug-likeness (QED) is 0.796. The maximum absolute atomic E-state index is 11.6. The van der Waals surface area contributed by atoms with Crippen LogP contribution in [0, 0.1) is 0 Å². The van der Waals surface area contributed by atoms with Crippen molar-refractivity contribution in [2.24, 2.45) is 0 Å². The maximum atomic E-state index is 11.6. The summed E-state index contributed by atoms with van der Waals surface area (Å²) in [4.78, 5) is 11.6. The van der Waals surface area contributed by atoms with Crippen molar-refractivity contribution in [1.29, 1.82) is 0 Å². The van der Waals surface area contributed by atoms with Gasteiger partial charge in [0.1, 0.15) is 5.92 Å². The van der Waals surface area contributed by atoms with Crippen molar-refractivity contribution in [1.82, 2.24) is 0 Å². The second-order valence-electron chi connectivity index (χ2n) is 4.93. The van der Waals surface area contributed by atoms with Crippen molar-refractivity contribution in [3.8, 4) is 0 Å². The van der Waals surface area contributed by atoms with E-state index >= 15 is 0 Å². The van der Waals surface area contributed by atoms with E-state index in [9.17, 15) is 15.0 Å². The van der Waals surface area contributed by atoms with Crippen molar-refractivity contribution in [2.75, 3.05) is 0 Å². The number of carboxylic acids is 1. The molecule has 2 N–H and O–H groups in total. The molecular formula is C15H21BrO3. The maximum Gasteiger partial charge on any atom is 0.313 e. The average Bonchev–Trinajstić information content (AvgIpc) is 2.28. The number of hydrogen-bond acceptors (Lipinski definition) is 2. The number of aliphatic carboxylic acids is 1. The molecule has 0 aliphatic heterocycles. The highest BCUT2D eigenvalue weighted by atomic mass is 79.9. The zero-order valence-corrected chi connectivity index (χ0v) is 13.0. The molecule has 0 bridgehead atoms. The van der Waals surface area contributed by atoms with Crippen LogP contribution >= 0.6 is 15.9 Å². The zero-order valence-electron chi connectivity index (χ0n) is 11.4. The fraction of sp³-hybridized carbons (Fsp3) is 0.533. The Balaban J connectivity index is 3.21. The van der Waals surface area contributed by atoms with E-state index in [4.69, 9.17) is 0 Å². The van der Waals surface area contributed by atoms with Gasteiger partial charge >= 0.3 is 5.97 Å². The van der Waals surface area contributed by atoms with E-state index < -0.39 is 17.5 Å². The lowest BCUT2D eigenvalue weighted by atomic mass is 9.76. The van der Waals surface area contributed by atoms with Gasteiger partial charge in [0.25, 0.3) is 0 Å². The third-order valence-corrected chi connectivity index (χ3v) is 3.83. The smallest absolute Gasteiger partial charge is 0.313 e. The van der Waals surface area contributed by atoms with E-state index in [-0.39, 0.29) is 0 Å². The van der Waals surface area contributed by atoms with Crippen LogP contribution in [0.3, 0.4) is 0 Å². The van der Waals surface area contributed by atoms with Crippen LogP contribution in [0.25, 0.3) is 0 Å². The first kappa shape index (κ1) is 16.2. The summed E-state index contributed by atoms with van der Waals surface area (Å²) in [7, 11) is 0. The first-order valence-corrected chi connectivity index (χ1v) is 7.44. The highest BCUT2D eigenvalue weighted by molar-refractivity contribution is 9.10. The van der Waals surface area contributed by atoms with Crippen molar-refractivity contribution in [3.05, 3.63) is 34.3 Å². The van der Waals surface area contributed by atoms with Gasteiger partial charge in [-0.05, 0) is 30.5 Å². The van der Waals surface area contributed by atoms with Gasteiger partial charge in [0.2, 0.25) is 0 Å². The molecule has 0 aliphatic carbocycles. The van der Waals surface area contributed by atoms with Gasteiger partial charge in [-0.2, -0.15) is 0 Å². The average molecular weight is 329 g/mol. The fourth-order valence-corrected chi connectivity index (χ4v) is 3.07. The van der Waals surface area contributed by atoms with Crippen LogP contribution in [0.1, 0.15) is 51.0 Å². The fourth-order valence-electron chi connectivity index (χ4n) is 2.65. The second kappa shape index (κ2) is 7.06. The van der Waals surface area contributed by atoms with Crippen molar-refractivity contribution in [3.63, 3.8) is 0 Å². The number of carbonyl (C=O) groups is 1. The van der Waals surface area contributed by atoms with Crippen LogP contribution in [0.15, 0.2) is 28.7 Å². The molecular weight excluding hydrogens is 308 g/mol. The lowest BCUT2D eigenvalue weighted by molar-refractivity contribution is -0.147. The molecule has 1 rings (SSSR count). The number of carboxylic acid groups (broad SMARTS) is 1. The van der Waals surface area contributed by atoms with Gasteiger partial charge in [-0.25, -0.2) is 0 Å². The summed E-state index contributed by atoms with van der Waals surface area (Å²) in [6.45, 7) is 3.92. The molecule has 0 aliphatic rings. The van der Waals surface area contributed by atoms with Gasteiger partial charge < -0.3 is 10.2 Å². The van der Waals surface area contributed by atoms with Gasteiger partial charge in [0.15, 0.2) is 0 Å². The molecule has 0 saturated heterocycles. The number of halogens is 1. The number of rotatable bonds is 7. The van der Waals surface area contributed by atoms with Gasteiger partial charge in [-0.15, -0.1) is 0 Å². The Kier molecular flexibility index (Phi) is 6.01. The highest BCUT2D eigenvalue weighted by Gasteiger charge is 2.41. The van der Waals surface area contributed by atoms with E-state index in [0.717, 1.165) is 17.3 Å². The molecule has 0 amide bonds. The first-order chi connectivity index (χ1) is 8.94. The lowest BCUT2D eigenvalue weighted by Gasteiger charge is -2.34. The molecule has 0 heterocycles. The SMILES string of the molecule is CCCC(O)(CCC)C(C(=O)O)c1cccc(Br)c1. The molecule has 0 fully saturated rings. The van der Waals surface area contributed by atoms with E-state index in [2.05, 4.69) is 15.9 Å². The van der Waals surface area contributed by atoms with Crippen LogP contribution in [-0.4, -0.2) is 21.8 Å². The predicted molar refractivity (Wildman–Crippen MR) is 79.3 cm³/mol. The Labute approximate surface area is 122 Å². The molecule has 1 atom stereocenters. The Morgan fingerprint density at radius 3 is 2.32 bits per heavy atom. The minimum atomic E-state index is -1.18. The van der Waals surface area contributed by atoms with Crippen LogP contribution in [0.2, 0.25) is 0 Å². The minimum absolute atomic E-state index is 0.490. The summed E-state index contributed by atoms with van der Waals surface area (Å²) in [5.74, 6) is -1.85. The Morgan fingerprint density at radius 2 is 1.89 bits per heavy atom. The summed E-state index contributed by atoms with van der Waals surface area (Å²) >= 11 is 3.35. The third-order valence-electron chi connectivity index (χ3n) is 3.33. The molecule has 1 unspecified atom stereocenters. The Morgan fingerprint density at radius 1 is 1.32 bits per heavy atom.